The minimum Gasteiger partial charge on any atom is -0.497 e. The van der Waals surface area contributed by atoms with Crippen LogP contribution in [-0.4, -0.2) is 23.2 Å². The number of hydrogen-bond acceptors (Lipinski definition) is 5. The van der Waals surface area contributed by atoms with Crippen molar-refractivity contribution in [2.45, 2.75) is 6.04 Å². The fraction of sp³-hybridized carbons (Fsp3) is 0.0870. The van der Waals surface area contributed by atoms with Gasteiger partial charge in [0.2, 0.25) is 11.8 Å². The summed E-state index contributed by atoms with van der Waals surface area (Å²) in [6.07, 6.45) is 0. The molecule has 7 heteroatoms. The van der Waals surface area contributed by atoms with Gasteiger partial charge in [-0.1, -0.05) is 48.0 Å². The maximum absolute atomic E-state index is 12.9. The maximum atomic E-state index is 12.9. The molecule has 0 aliphatic rings. The van der Waals surface area contributed by atoms with Crippen LogP contribution in [0.5, 0.6) is 5.75 Å². The Morgan fingerprint density at radius 1 is 1.00 bits per heavy atom. The zero-order valence-corrected chi connectivity index (χ0v) is 16.8. The van der Waals surface area contributed by atoms with Crippen molar-refractivity contribution in [1.82, 2.24) is 15.5 Å². The third-order valence-corrected chi connectivity index (χ3v) is 4.77. The van der Waals surface area contributed by atoms with Crippen LogP contribution in [0.3, 0.4) is 0 Å². The van der Waals surface area contributed by atoms with E-state index in [1.807, 2.05) is 42.5 Å². The number of nitrogens with one attached hydrogen (secondary N) is 1. The molecule has 150 valence electrons. The highest BCUT2D eigenvalue weighted by Gasteiger charge is 2.24. The van der Waals surface area contributed by atoms with Gasteiger partial charge in [-0.05, 0) is 48.0 Å². The van der Waals surface area contributed by atoms with Crippen molar-refractivity contribution in [3.63, 3.8) is 0 Å². The van der Waals surface area contributed by atoms with Crippen LogP contribution in [-0.2, 0) is 0 Å². The molecule has 4 aromatic rings. The van der Waals surface area contributed by atoms with E-state index in [0.717, 1.165) is 11.1 Å². The molecule has 1 N–H and O–H groups in total. The lowest BCUT2D eigenvalue weighted by Crippen LogP contribution is -2.29. The second kappa shape index (κ2) is 8.80. The van der Waals surface area contributed by atoms with Gasteiger partial charge in [-0.15, -0.1) is 10.2 Å². The molecule has 0 saturated heterocycles. The van der Waals surface area contributed by atoms with Gasteiger partial charge in [-0.25, -0.2) is 0 Å². The standard InChI is InChI=1S/C23H18ClN3O3/c1-29-19-9-5-8-17(14-19)21(28)25-20(15-10-12-18(24)13-11-15)23-27-26-22(30-23)16-6-3-2-4-7-16/h2-14,20H,1H3,(H,25,28). The highest BCUT2D eigenvalue weighted by molar-refractivity contribution is 6.30. The van der Waals surface area contributed by atoms with Gasteiger partial charge in [-0.3, -0.25) is 4.79 Å². The zero-order chi connectivity index (χ0) is 20.9. The molecule has 1 unspecified atom stereocenters. The van der Waals surface area contributed by atoms with Gasteiger partial charge in [-0.2, -0.15) is 0 Å². The van der Waals surface area contributed by atoms with Crippen LogP contribution >= 0.6 is 11.6 Å². The second-order valence-corrected chi connectivity index (χ2v) is 6.94. The van der Waals surface area contributed by atoms with Crippen molar-refractivity contribution in [3.8, 4) is 17.2 Å². The zero-order valence-electron chi connectivity index (χ0n) is 16.1. The number of carbonyl (C=O) groups excluding carboxylic acids is 1. The summed E-state index contributed by atoms with van der Waals surface area (Å²) in [4.78, 5) is 12.9. The number of methoxy groups -OCH3 is 1. The first kappa shape index (κ1) is 19.7. The fourth-order valence-corrected chi connectivity index (χ4v) is 3.10. The van der Waals surface area contributed by atoms with Crippen LogP contribution in [0, 0.1) is 0 Å². The number of ether oxygens (including phenoxy) is 1. The van der Waals surface area contributed by atoms with Crippen LogP contribution in [0.1, 0.15) is 27.9 Å². The Bertz CT molecular complexity index is 1140. The van der Waals surface area contributed by atoms with Crippen molar-refractivity contribution in [2.75, 3.05) is 7.11 Å². The Balaban J connectivity index is 1.67. The normalized spacial score (nSPS) is 11.7. The first-order valence-electron chi connectivity index (χ1n) is 9.23. The highest BCUT2D eigenvalue weighted by Crippen LogP contribution is 2.26. The molecule has 0 aliphatic carbocycles. The number of hydrogen-bond donors (Lipinski definition) is 1. The average molecular weight is 420 g/mol. The van der Waals surface area contributed by atoms with Crippen molar-refractivity contribution in [3.05, 3.63) is 101 Å². The van der Waals surface area contributed by atoms with Gasteiger partial charge in [0.05, 0.1) is 7.11 Å². The minimum absolute atomic E-state index is 0.271. The van der Waals surface area contributed by atoms with Gasteiger partial charge >= 0.3 is 0 Å². The Morgan fingerprint density at radius 2 is 1.77 bits per heavy atom. The molecular formula is C23H18ClN3O3. The predicted molar refractivity (Wildman–Crippen MR) is 113 cm³/mol. The number of carbonyl (C=O) groups is 1. The Morgan fingerprint density at radius 3 is 2.50 bits per heavy atom. The summed E-state index contributed by atoms with van der Waals surface area (Å²) in [7, 11) is 1.55. The molecule has 1 amide bonds. The van der Waals surface area contributed by atoms with Gasteiger partial charge in [0.15, 0.2) is 0 Å². The van der Waals surface area contributed by atoms with Crippen LogP contribution in [0.15, 0.2) is 83.3 Å². The first-order valence-corrected chi connectivity index (χ1v) is 9.61. The smallest absolute Gasteiger partial charge is 0.252 e. The summed E-state index contributed by atoms with van der Waals surface area (Å²) in [5.74, 6) is 0.941. The van der Waals surface area contributed by atoms with Crippen molar-refractivity contribution >= 4 is 17.5 Å². The van der Waals surface area contributed by atoms with Crippen LogP contribution in [0.2, 0.25) is 5.02 Å². The summed E-state index contributed by atoms with van der Waals surface area (Å²) in [5, 5.41) is 11.9. The van der Waals surface area contributed by atoms with E-state index in [1.165, 1.54) is 0 Å². The van der Waals surface area contributed by atoms with Gasteiger partial charge in [0, 0.05) is 16.1 Å². The molecule has 4 rings (SSSR count). The van der Waals surface area contributed by atoms with Gasteiger partial charge in [0.25, 0.3) is 5.91 Å². The van der Waals surface area contributed by atoms with Crippen LogP contribution in [0.25, 0.3) is 11.5 Å². The first-order chi connectivity index (χ1) is 14.6. The van der Waals surface area contributed by atoms with E-state index in [2.05, 4.69) is 15.5 Å². The average Bonchev–Trinajstić information content (AvgIpc) is 3.29. The summed E-state index contributed by atoms with van der Waals surface area (Å²) in [6.45, 7) is 0. The predicted octanol–water partition coefficient (Wildman–Crippen LogP) is 4.92. The van der Waals surface area contributed by atoms with E-state index in [1.54, 1.807) is 43.5 Å². The third-order valence-electron chi connectivity index (χ3n) is 4.52. The van der Waals surface area contributed by atoms with Crippen molar-refractivity contribution in [2.24, 2.45) is 0 Å². The van der Waals surface area contributed by atoms with E-state index in [0.29, 0.717) is 22.2 Å². The topological polar surface area (TPSA) is 77.2 Å². The molecule has 6 nitrogen and oxygen atoms in total. The summed E-state index contributed by atoms with van der Waals surface area (Å²) in [6, 6.07) is 22.8. The quantitative estimate of drug-likeness (QED) is 0.480. The molecule has 0 aliphatic heterocycles. The fourth-order valence-electron chi connectivity index (χ4n) is 2.97. The molecule has 0 radical (unpaired) electrons. The number of rotatable bonds is 6. The number of amides is 1. The number of nitrogens with zero attached hydrogens (tertiary/aromatic N) is 2. The Labute approximate surface area is 178 Å². The summed E-state index contributed by atoms with van der Waals surface area (Å²) < 4.78 is 11.1. The molecular weight excluding hydrogens is 402 g/mol. The largest absolute Gasteiger partial charge is 0.497 e. The van der Waals surface area contributed by atoms with Gasteiger partial charge < -0.3 is 14.5 Å². The molecule has 1 atom stereocenters. The van der Waals surface area contributed by atoms with E-state index >= 15 is 0 Å². The SMILES string of the molecule is COc1cccc(C(=O)NC(c2ccc(Cl)cc2)c2nnc(-c3ccccc3)o2)c1. The molecule has 1 aromatic heterocycles. The number of benzene rings is 3. The third kappa shape index (κ3) is 4.34. The monoisotopic (exact) mass is 419 g/mol. The lowest BCUT2D eigenvalue weighted by Gasteiger charge is -2.16. The molecule has 0 saturated carbocycles. The Kier molecular flexibility index (Phi) is 5.77. The van der Waals surface area contributed by atoms with Crippen LogP contribution < -0.4 is 10.1 Å². The Hall–Kier alpha value is -3.64. The molecule has 3 aromatic carbocycles. The minimum atomic E-state index is -0.647. The van der Waals surface area contributed by atoms with E-state index in [-0.39, 0.29) is 11.8 Å². The lowest BCUT2D eigenvalue weighted by atomic mass is 10.1. The van der Waals surface area contributed by atoms with Gasteiger partial charge in [0.1, 0.15) is 11.8 Å². The van der Waals surface area contributed by atoms with Crippen LogP contribution in [0.4, 0.5) is 0 Å². The second-order valence-electron chi connectivity index (χ2n) is 6.50. The highest BCUT2D eigenvalue weighted by atomic mass is 35.5. The van der Waals surface area contributed by atoms with Crippen molar-refractivity contribution < 1.29 is 13.9 Å². The summed E-state index contributed by atoms with van der Waals surface area (Å²) in [5.41, 5.74) is 2.01. The summed E-state index contributed by atoms with van der Waals surface area (Å²) >= 11 is 6.03. The molecule has 0 fully saturated rings. The molecule has 30 heavy (non-hydrogen) atoms. The lowest BCUT2D eigenvalue weighted by molar-refractivity contribution is 0.0937. The van der Waals surface area contributed by atoms with E-state index in [4.69, 9.17) is 20.8 Å². The number of halogens is 1. The van der Waals surface area contributed by atoms with E-state index < -0.39 is 6.04 Å². The van der Waals surface area contributed by atoms with Crippen molar-refractivity contribution in [1.29, 1.82) is 0 Å². The number of aromatic nitrogens is 2. The maximum Gasteiger partial charge on any atom is 0.252 e. The molecule has 0 bridgehead atoms. The molecule has 0 spiro atoms. The van der Waals surface area contributed by atoms with E-state index in [9.17, 15) is 4.79 Å². The molecule has 1 heterocycles.